The van der Waals surface area contributed by atoms with Crippen LogP contribution < -0.4 is 10.6 Å². The van der Waals surface area contributed by atoms with Gasteiger partial charge in [-0.05, 0) is 39.2 Å². The van der Waals surface area contributed by atoms with Crippen LogP contribution in [0.5, 0.6) is 0 Å². The summed E-state index contributed by atoms with van der Waals surface area (Å²) < 4.78 is 0. The first-order valence-electron chi connectivity index (χ1n) is 11.0. The normalized spacial score (nSPS) is 10.6. The number of allylic oxidation sites excluding steroid dienone is 5. The molecule has 0 aromatic rings. The highest BCUT2D eigenvalue weighted by Gasteiger charge is 1.90. The summed E-state index contributed by atoms with van der Waals surface area (Å²) >= 11 is 0. The summed E-state index contributed by atoms with van der Waals surface area (Å²) in [4.78, 5) is 0. The van der Waals surface area contributed by atoms with E-state index in [0.29, 0.717) is 6.04 Å². The molecule has 28 heavy (non-hydrogen) atoms. The van der Waals surface area contributed by atoms with Gasteiger partial charge in [-0.1, -0.05) is 90.3 Å². The van der Waals surface area contributed by atoms with Crippen LogP contribution in [0.1, 0.15) is 85.5 Å². The monoisotopic (exact) mass is 390 g/mol. The molecule has 0 aliphatic carbocycles. The largest absolute Gasteiger partial charge is 0.392 e. The molecule has 0 saturated heterocycles. The highest BCUT2D eigenvalue weighted by Crippen LogP contribution is 2.05. The molecule has 0 saturated carbocycles. The fourth-order valence-electron chi connectivity index (χ4n) is 2.09. The van der Waals surface area contributed by atoms with Gasteiger partial charge in [0.15, 0.2) is 0 Å². The van der Waals surface area contributed by atoms with E-state index in [-0.39, 0.29) is 0 Å². The average molecular weight is 391 g/mol. The molecule has 0 radical (unpaired) electrons. The quantitative estimate of drug-likeness (QED) is 0.139. The molecule has 0 rings (SSSR count). The Hall–Kier alpha value is -1.72. The van der Waals surface area contributed by atoms with Crippen molar-refractivity contribution in [3.8, 4) is 12.8 Å². The second-order valence-electron chi connectivity index (χ2n) is 5.99. The zero-order chi connectivity index (χ0) is 22.5. The maximum absolute atomic E-state index is 4.00. The Balaban J connectivity index is -0.000000218. The zero-order valence-electron chi connectivity index (χ0n) is 19.9. The second-order valence-corrected chi connectivity index (χ2v) is 5.99. The minimum atomic E-state index is 0.500. The van der Waals surface area contributed by atoms with Crippen LogP contribution in [-0.2, 0) is 0 Å². The molecule has 0 spiro atoms. The summed E-state index contributed by atoms with van der Waals surface area (Å²) in [5, 5.41) is 6.14. The van der Waals surface area contributed by atoms with E-state index in [0.717, 1.165) is 25.0 Å². The molecular weight excluding hydrogens is 340 g/mol. The Morgan fingerprint density at radius 3 is 1.86 bits per heavy atom. The number of nitrogens with one attached hydrogen (secondary N) is 2. The lowest BCUT2D eigenvalue weighted by molar-refractivity contribution is 0.637. The van der Waals surface area contributed by atoms with Crippen molar-refractivity contribution in [1.29, 1.82) is 0 Å². The van der Waals surface area contributed by atoms with Crippen molar-refractivity contribution in [1.82, 2.24) is 10.6 Å². The fourth-order valence-corrected chi connectivity index (χ4v) is 2.09. The molecule has 0 aliphatic heterocycles. The van der Waals surface area contributed by atoms with E-state index < -0.39 is 0 Å². The third kappa shape index (κ3) is 35.4. The highest BCUT2D eigenvalue weighted by molar-refractivity contribution is 5.03. The molecule has 0 aromatic heterocycles. The summed E-state index contributed by atoms with van der Waals surface area (Å²) in [6.45, 7) is 15.9. The van der Waals surface area contributed by atoms with Gasteiger partial charge in [0.25, 0.3) is 0 Å². The van der Waals surface area contributed by atoms with Gasteiger partial charge in [0.2, 0.25) is 0 Å². The summed E-state index contributed by atoms with van der Waals surface area (Å²) in [6.07, 6.45) is 30.0. The van der Waals surface area contributed by atoms with Gasteiger partial charge in [-0.25, -0.2) is 0 Å². The van der Waals surface area contributed by atoms with E-state index in [1.807, 2.05) is 34.0 Å². The predicted octanol–water partition coefficient (Wildman–Crippen LogP) is 7.42. The summed E-state index contributed by atoms with van der Waals surface area (Å²) in [6, 6.07) is 0.500. The lowest BCUT2D eigenvalue weighted by atomic mass is 10.1. The lowest BCUT2D eigenvalue weighted by Gasteiger charge is -2.04. The van der Waals surface area contributed by atoms with Gasteiger partial charge in [0.1, 0.15) is 0 Å². The van der Waals surface area contributed by atoms with Crippen LogP contribution >= 0.6 is 0 Å². The number of hydrogen-bond donors (Lipinski definition) is 2. The molecule has 0 fully saturated rings. The lowest BCUT2D eigenvalue weighted by Crippen LogP contribution is -2.20. The first-order valence-corrected chi connectivity index (χ1v) is 11.0. The number of hydrogen-bond acceptors (Lipinski definition) is 2. The Bertz CT molecular complexity index is 360. The van der Waals surface area contributed by atoms with Crippen molar-refractivity contribution in [3.63, 3.8) is 0 Å². The number of terminal acetylenes is 1. The van der Waals surface area contributed by atoms with Crippen molar-refractivity contribution in [2.45, 2.75) is 91.5 Å². The number of unbranched alkanes of at least 4 members (excludes halogenated alkanes) is 5. The average Bonchev–Trinajstić information content (AvgIpc) is 2.76. The molecule has 1 unspecified atom stereocenters. The van der Waals surface area contributed by atoms with Gasteiger partial charge >= 0.3 is 0 Å². The standard InChI is InChI=1S/C16H29N.C6H13N.C2H6.C2H2/c1-4-5-6-7-8-9-10-11-12-13-14-15-16(2)17-3;1-4-6(5-2)7-3;2*1-2/h10-13,17H,2,4-9,14-15H2,1,3H3;4,6-7H,1,5H2,2-3H3;1-2H3;1-2H/b11-10+,13-12-;;;. The Labute approximate surface area is 178 Å². The first-order chi connectivity index (χ1) is 13.7. The van der Waals surface area contributed by atoms with Crippen LogP contribution in [0.4, 0.5) is 0 Å². The van der Waals surface area contributed by atoms with Crippen LogP contribution in [-0.4, -0.2) is 20.1 Å². The van der Waals surface area contributed by atoms with Crippen molar-refractivity contribution >= 4 is 0 Å². The Kier molecular flexibility index (Phi) is 43.8. The van der Waals surface area contributed by atoms with Crippen LogP contribution in [0, 0.1) is 12.8 Å². The number of rotatable bonds is 14. The van der Waals surface area contributed by atoms with Crippen LogP contribution in [0.3, 0.4) is 0 Å². The summed E-state index contributed by atoms with van der Waals surface area (Å²) in [7, 11) is 3.86. The second kappa shape index (κ2) is 36.2. The van der Waals surface area contributed by atoms with Crippen LogP contribution in [0.15, 0.2) is 49.2 Å². The van der Waals surface area contributed by atoms with E-state index in [9.17, 15) is 0 Å². The van der Waals surface area contributed by atoms with Crippen molar-refractivity contribution in [2.75, 3.05) is 14.1 Å². The van der Waals surface area contributed by atoms with Crippen molar-refractivity contribution < 1.29 is 0 Å². The molecule has 0 aliphatic rings. The van der Waals surface area contributed by atoms with Gasteiger partial charge in [0.05, 0.1) is 0 Å². The Morgan fingerprint density at radius 2 is 1.46 bits per heavy atom. The summed E-state index contributed by atoms with van der Waals surface area (Å²) in [5.74, 6) is 0. The van der Waals surface area contributed by atoms with Crippen LogP contribution in [0.25, 0.3) is 0 Å². The minimum Gasteiger partial charge on any atom is -0.392 e. The SMILES string of the molecule is C#C.C=C(CC/C=C\C=C\CCCCCCC)NC.C=CC(CC)NC.CC. The predicted molar refractivity (Wildman–Crippen MR) is 134 cm³/mol. The van der Waals surface area contributed by atoms with Crippen molar-refractivity contribution in [3.05, 3.63) is 49.2 Å². The highest BCUT2D eigenvalue weighted by atomic mass is 14.8. The van der Waals surface area contributed by atoms with E-state index >= 15 is 0 Å². The van der Waals surface area contributed by atoms with Gasteiger partial charge in [-0.2, -0.15) is 0 Å². The molecule has 0 amide bonds. The van der Waals surface area contributed by atoms with E-state index in [1.54, 1.807) is 0 Å². The molecule has 2 nitrogen and oxygen atoms in total. The third-order valence-corrected chi connectivity index (χ3v) is 3.92. The first kappa shape index (κ1) is 33.8. The van der Waals surface area contributed by atoms with Gasteiger partial charge in [0, 0.05) is 18.8 Å². The third-order valence-electron chi connectivity index (χ3n) is 3.92. The molecule has 0 aromatic carbocycles. The van der Waals surface area contributed by atoms with Crippen LogP contribution in [0.2, 0.25) is 0 Å². The van der Waals surface area contributed by atoms with Gasteiger partial charge < -0.3 is 10.6 Å². The summed E-state index contributed by atoms with van der Waals surface area (Å²) in [5.41, 5.74) is 1.11. The Morgan fingerprint density at radius 1 is 0.929 bits per heavy atom. The maximum atomic E-state index is 4.00. The smallest absolute Gasteiger partial charge is 0.0241 e. The molecule has 2 N–H and O–H groups in total. The molecule has 2 heteroatoms. The van der Waals surface area contributed by atoms with Gasteiger partial charge in [-0.3, -0.25) is 0 Å². The molecular formula is C26H50N2. The van der Waals surface area contributed by atoms with Crippen molar-refractivity contribution in [2.24, 2.45) is 0 Å². The zero-order valence-corrected chi connectivity index (χ0v) is 19.9. The molecule has 0 heterocycles. The van der Waals surface area contributed by atoms with E-state index in [1.165, 1.54) is 38.5 Å². The molecule has 1 atom stereocenters. The molecule has 164 valence electrons. The van der Waals surface area contributed by atoms with E-state index in [2.05, 4.69) is 74.8 Å². The minimum absolute atomic E-state index is 0.500. The number of likely N-dealkylation sites (N-methyl/N-ethyl adjacent to an activating group) is 1. The fraction of sp³-hybridized carbons (Fsp3) is 0.615. The topological polar surface area (TPSA) is 24.1 Å². The van der Waals surface area contributed by atoms with E-state index in [4.69, 9.17) is 0 Å². The van der Waals surface area contributed by atoms with Gasteiger partial charge in [-0.15, -0.1) is 19.4 Å². The maximum Gasteiger partial charge on any atom is 0.0241 e. The molecule has 0 bridgehead atoms.